The van der Waals surface area contributed by atoms with Crippen LogP contribution < -0.4 is 4.90 Å². The van der Waals surface area contributed by atoms with Crippen LogP contribution in [0.1, 0.15) is 46.2 Å². The number of hydrogen-bond donors (Lipinski definition) is 1. The zero-order valence-electron chi connectivity index (χ0n) is 17.4. The molecule has 160 valence electrons. The zero-order valence-corrected chi connectivity index (χ0v) is 18.2. The summed E-state index contributed by atoms with van der Waals surface area (Å²) in [7, 11) is 0. The summed E-state index contributed by atoms with van der Waals surface area (Å²) in [5, 5.41) is 19.0. The molecule has 8 nitrogen and oxygen atoms in total. The van der Waals surface area contributed by atoms with Crippen LogP contribution in [0.5, 0.6) is 0 Å². The van der Waals surface area contributed by atoms with E-state index in [1.807, 2.05) is 54.8 Å². The highest BCUT2D eigenvalue weighted by Gasteiger charge is 2.30. The second kappa shape index (κ2) is 7.69. The number of thiophene rings is 1. The Bertz CT molecular complexity index is 1360. The number of aromatic carboxylic acids is 1. The van der Waals surface area contributed by atoms with Crippen molar-refractivity contribution in [1.82, 2.24) is 19.7 Å². The molecule has 0 spiro atoms. The number of carbonyl (C=O) groups is 2. The van der Waals surface area contributed by atoms with Crippen LogP contribution >= 0.6 is 11.3 Å². The third-order valence-electron chi connectivity index (χ3n) is 5.41. The van der Waals surface area contributed by atoms with Gasteiger partial charge in [0.2, 0.25) is 0 Å². The number of anilines is 1. The fourth-order valence-corrected chi connectivity index (χ4v) is 4.62. The quantitative estimate of drug-likeness (QED) is 0.485. The molecule has 9 heteroatoms. The first-order valence-corrected chi connectivity index (χ1v) is 10.9. The predicted molar refractivity (Wildman–Crippen MR) is 121 cm³/mol. The Morgan fingerprint density at radius 2 is 2.03 bits per heavy atom. The Labute approximate surface area is 187 Å². The van der Waals surface area contributed by atoms with Gasteiger partial charge in [0.25, 0.3) is 5.91 Å². The smallest absolute Gasteiger partial charge is 0.336 e. The molecule has 0 saturated carbocycles. The van der Waals surface area contributed by atoms with Gasteiger partial charge >= 0.3 is 5.97 Å². The zero-order chi connectivity index (χ0) is 22.4. The van der Waals surface area contributed by atoms with E-state index in [1.165, 1.54) is 11.3 Å². The summed E-state index contributed by atoms with van der Waals surface area (Å²) in [6.07, 6.45) is 1.67. The first-order chi connectivity index (χ1) is 15.4. The van der Waals surface area contributed by atoms with Crippen LogP contribution in [-0.4, -0.2) is 36.7 Å². The van der Waals surface area contributed by atoms with Crippen LogP contribution in [-0.2, 0) is 6.54 Å². The van der Waals surface area contributed by atoms with Crippen molar-refractivity contribution in [3.8, 4) is 22.0 Å². The van der Waals surface area contributed by atoms with Gasteiger partial charge in [0, 0.05) is 21.9 Å². The first-order valence-electron chi connectivity index (χ1n) is 10.1. The molecule has 0 atom stereocenters. The lowest BCUT2D eigenvalue weighted by Crippen LogP contribution is -2.24. The summed E-state index contributed by atoms with van der Waals surface area (Å²) in [5.41, 5.74) is 3.23. The highest BCUT2D eigenvalue weighted by atomic mass is 32.1. The largest absolute Gasteiger partial charge is 0.478 e. The molecule has 0 radical (unpaired) electrons. The van der Waals surface area contributed by atoms with Gasteiger partial charge in [-0.2, -0.15) is 0 Å². The molecule has 1 aliphatic heterocycles. The summed E-state index contributed by atoms with van der Waals surface area (Å²) in [6, 6.07) is 13.0. The monoisotopic (exact) mass is 445 g/mol. The van der Waals surface area contributed by atoms with Crippen molar-refractivity contribution in [2.75, 3.05) is 4.90 Å². The molecule has 1 aliphatic rings. The van der Waals surface area contributed by atoms with Crippen molar-refractivity contribution < 1.29 is 14.7 Å². The van der Waals surface area contributed by atoms with E-state index >= 15 is 0 Å². The number of amides is 1. The third kappa shape index (κ3) is 3.36. The van der Waals surface area contributed by atoms with Crippen molar-refractivity contribution in [2.45, 2.75) is 26.4 Å². The van der Waals surface area contributed by atoms with Crippen molar-refractivity contribution in [3.05, 3.63) is 70.9 Å². The van der Waals surface area contributed by atoms with Gasteiger partial charge in [-0.25, -0.2) is 9.78 Å². The normalized spacial score (nSPS) is 13.1. The molecular weight excluding hydrogens is 426 g/mol. The minimum Gasteiger partial charge on any atom is -0.478 e. The lowest BCUT2D eigenvalue weighted by atomic mass is 10.0. The summed E-state index contributed by atoms with van der Waals surface area (Å²) in [4.78, 5) is 31.6. The van der Waals surface area contributed by atoms with Crippen LogP contribution in [0.4, 0.5) is 5.82 Å². The lowest BCUT2D eigenvalue weighted by Gasteiger charge is -2.16. The van der Waals surface area contributed by atoms with Crippen LogP contribution in [0.2, 0.25) is 0 Å². The van der Waals surface area contributed by atoms with E-state index in [2.05, 4.69) is 10.2 Å². The maximum absolute atomic E-state index is 13.2. The van der Waals surface area contributed by atoms with Gasteiger partial charge in [-0.3, -0.25) is 9.69 Å². The van der Waals surface area contributed by atoms with Gasteiger partial charge in [-0.15, -0.1) is 21.5 Å². The standard InChI is InChI=1S/C23H19N5O3S/c1-13(2)28-12-24-26-21(28)18-4-3-5-20(25-18)27-10-15-7-6-14(8-17(15)22(27)29)19-9-16(11-32-19)23(30)31/h3-9,11-13H,10H2,1-2H3,(H,30,31). The number of carboxylic acid groups (broad SMARTS) is 1. The van der Waals surface area contributed by atoms with E-state index in [4.69, 9.17) is 4.98 Å². The summed E-state index contributed by atoms with van der Waals surface area (Å²) >= 11 is 1.35. The van der Waals surface area contributed by atoms with E-state index in [0.29, 0.717) is 29.4 Å². The van der Waals surface area contributed by atoms with Gasteiger partial charge in [-0.1, -0.05) is 18.2 Å². The molecule has 0 saturated heterocycles. The average molecular weight is 446 g/mol. The Kier molecular flexibility index (Phi) is 4.82. The Hall–Kier alpha value is -3.85. The van der Waals surface area contributed by atoms with Crippen molar-refractivity contribution >= 4 is 29.0 Å². The topological polar surface area (TPSA) is 101 Å². The van der Waals surface area contributed by atoms with Crippen LogP contribution in [0, 0.1) is 0 Å². The molecule has 0 fully saturated rings. The minimum absolute atomic E-state index is 0.133. The van der Waals surface area contributed by atoms with Gasteiger partial charge in [0.15, 0.2) is 5.82 Å². The van der Waals surface area contributed by atoms with Gasteiger partial charge in [-0.05, 0) is 49.2 Å². The molecule has 5 rings (SSSR count). The Morgan fingerprint density at radius 1 is 1.19 bits per heavy atom. The number of nitrogens with zero attached hydrogens (tertiary/aromatic N) is 5. The Balaban J connectivity index is 1.46. The molecule has 0 aliphatic carbocycles. The van der Waals surface area contributed by atoms with Crippen LogP contribution in [0.15, 0.2) is 54.2 Å². The van der Waals surface area contributed by atoms with E-state index in [0.717, 1.165) is 16.0 Å². The van der Waals surface area contributed by atoms with Gasteiger partial charge < -0.3 is 9.67 Å². The average Bonchev–Trinajstić information content (AvgIpc) is 3.52. The molecule has 1 amide bonds. The number of pyridine rings is 1. The minimum atomic E-state index is -0.963. The maximum atomic E-state index is 13.2. The molecule has 1 aromatic carbocycles. The van der Waals surface area contributed by atoms with E-state index in [1.54, 1.807) is 22.7 Å². The molecule has 4 heterocycles. The number of aromatic nitrogens is 4. The first kappa shape index (κ1) is 20.1. The van der Waals surface area contributed by atoms with Crippen molar-refractivity contribution in [2.24, 2.45) is 0 Å². The highest BCUT2D eigenvalue weighted by molar-refractivity contribution is 7.13. The molecule has 1 N–H and O–H groups in total. The van der Waals surface area contributed by atoms with Crippen LogP contribution in [0.3, 0.4) is 0 Å². The molecular formula is C23H19N5O3S. The molecule has 0 bridgehead atoms. The SMILES string of the molecule is CC(C)n1cnnc1-c1cccc(N2Cc3ccc(-c4cc(C(=O)O)cs4)cc3C2=O)n1. The third-order valence-corrected chi connectivity index (χ3v) is 6.39. The number of hydrogen-bond acceptors (Lipinski definition) is 6. The second-order valence-electron chi connectivity index (χ2n) is 7.80. The van der Waals surface area contributed by atoms with Gasteiger partial charge in [0.1, 0.15) is 17.8 Å². The number of fused-ring (bicyclic) bond motifs is 1. The van der Waals surface area contributed by atoms with Crippen molar-refractivity contribution in [3.63, 3.8) is 0 Å². The Morgan fingerprint density at radius 3 is 2.78 bits per heavy atom. The number of carbonyl (C=O) groups excluding carboxylic acids is 1. The predicted octanol–water partition coefficient (Wildman–Crippen LogP) is 4.51. The van der Waals surface area contributed by atoms with Crippen LogP contribution in [0.25, 0.3) is 22.0 Å². The number of carboxylic acids is 1. The van der Waals surface area contributed by atoms with Gasteiger partial charge in [0.05, 0.1) is 12.1 Å². The fraction of sp³-hybridized carbons (Fsp3) is 0.174. The van der Waals surface area contributed by atoms with Crippen molar-refractivity contribution in [1.29, 1.82) is 0 Å². The molecule has 4 aromatic rings. The summed E-state index contributed by atoms with van der Waals surface area (Å²) < 4.78 is 1.94. The summed E-state index contributed by atoms with van der Waals surface area (Å²) in [6.45, 7) is 4.51. The summed E-state index contributed by atoms with van der Waals surface area (Å²) in [5.74, 6) is 0.107. The van der Waals surface area contributed by atoms with E-state index in [9.17, 15) is 14.7 Å². The second-order valence-corrected chi connectivity index (χ2v) is 8.72. The maximum Gasteiger partial charge on any atom is 0.336 e. The number of benzene rings is 1. The number of rotatable bonds is 5. The fourth-order valence-electron chi connectivity index (χ4n) is 3.74. The molecule has 3 aromatic heterocycles. The van der Waals surface area contributed by atoms with E-state index < -0.39 is 5.97 Å². The lowest BCUT2D eigenvalue weighted by molar-refractivity contribution is 0.0697. The highest BCUT2D eigenvalue weighted by Crippen LogP contribution is 2.34. The van der Waals surface area contributed by atoms with E-state index in [-0.39, 0.29) is 17.5 Å². The molecule has 32 heavy (non-hydrogen) atoms. The molecule has 0 unspecified atom stereocenters.